The van der Waals surface area contributed by atoms with Gasteiger partial charge in [-0.05, 0) is 31.9 Å². The van der Waals surface area contributed by atoms with Crippen LogP contribution in [0.4, 0.5) is 5.82 Å². The highest BCUT2D eigenvalue weighted by atomic mass is 16.3. The van der Waals surface area contributed by atoms with Crippen LogP contribution in [0, 0.1) is 5.92 Å². The minimum absolute atomic E-state index is 0.0223. The van der Waals surface area contributed by atoms with Crippen molar-refractivity contribution in [2.24, 2.45) is 5.92 Å². The van der Waals surface area contributed by atoms with Crippen molar-refractivity contribution in [1.82, 2.24) is 4.98 Å². The fourth-order valence-corrected chi connectivity index (χ4v) is 2.45. The summed E-state index contributed by atoms with van der Waals surface area (Å²) in [6.07, 6.45) is 0. The van der Waals surface area contributed by atoms with Crippen molar-refractivity contribution in [2.75, 3.05) is 11.4 Å². The summed E-state index contributed by atoms with van der Waals surface area (Å²) in [4.78, 5) is 7.07. The molecule has 3 nitrogen and oxygen atoms in total. The number of aliphatic hydroxyl groups is 1. The van der Waals surface area contributed by atoms with Gasteiger partial charge in [0, 0.05) is 23.5 Å². The Bertz CT molecular complexity index is 578. The van der Waals surface area contributed by atoms with Gasteiger partial charge in [0.1, 0.15) is 5.82 Å². The lowest BCUT2D eigenvalue weighted by molar-refractivity contribution is 0.281. The Hall–Kier alpha value is -1.61. The second-order valence-corrected chi connectivity index (χ2v) is 5.96. The first kappa shape index (κ1) is 14.8. The SMILES string of the molecule is CC(C)CN(c1nc2ccccc2cc1CO)C(C)C. The van der Waals surface area contributed by atoms with Gasteiger partial charge in [0.2, 0.25) is 0 Å². The maximum absolute atomic E-state index is 9.68. The van der Waals surface area contributed by atoms with Crippen LogP contribution in [0.25, 0.3) is 10.9 Å². The lowest BCUT2D eigenvalue weighted by atomic mass is 10.1. The molecule has 0 amide bonds. The minimum Gasteiger partial charge on any atom is -0.392 e. The van der Waals surface area contributed by atoms with Gasteiger partial charge in [-0.1, -0.05) is 32.0 Å². The Balaban J connectivity index is 2.54. The molecule has 0 fully saturated rings. The van der Waals surface area contributed by atoms with E-state index in [0.717, 1.165) is 28.8 Å². The third kappa shape index (κ3) is 3.10. The fraction of sp³-hybridized carbons (Fsp3) is 0.471. The largest absolute Gasteiger partial charge is 0.392 e. The fourth-order valence-electron chi connectivity index (χ4n) is 2.45. The Labute approximate surface area is 121 Å². The predicted molar refractivity (Wildman–Crippen MR) is 85.0 cm³/mol. The molecule has 108 valence electrons. The molecule has 1 heterocycles. The number of para-hydroxylation sites is 1. The van der Waals surface area contributed by atoms with Crippen LogP contribution in [-0.2, 0) is 6.61 Å². The summed E-state index contributed by atoms with van der Waals surface area (Å²) in [5.41, 5.74) is 1.88. The molecule has 1 aromatic carbocycles. The van der Waals surface area contributed by atoms with Crippen LogP contribution in [0.1, 0.15) is 33.3 Å². The minimum atomic E-state index is 0.0223. The first-order valence-corrected chi connectivity index (χ1v) is 7.29. The van der Waals surface area contributed by atoms with Crippen LogP contribution in [0.2, 0.25) is 0 Å². The molecule has 1 aromatic heterocycles. The maximum atomic E-state index is 9.68. The van der Waals surface area contributed by atoms with Gasteiger partial charge in [-0.3, -0.25) is 0 Å². The van der Waals surface area contributed by atoms with Gasteiger partial charge in [0.15, 0.2) is 0 Å². The normalized spacial score (nSPS) is 11.6. The van der Waals surface area contributed by atoms with E-state index in [1.807, 2.05) is 30.3 Å². The van der Waals surface area contributed by atoms with Gasteiger partial charge in [0.25, 0.3) is 0 Å². The molecule has 0 bridgehead atoms. The standard InChI is InChI=1S/C17H24N2O/c1-12(2)10-19(13(3)4)17-15(11-20)9-14-7-5-6-8-16(14)18-17/h5-9,12-13,20H,10-11H2,1-4H3. The van der Waals surface area contributed by atoms with Crippen molar-refractivity contribution < 1.29 is 5.11 Å². The van der Waals surface area contributed by atoms with E-state index < -0.39 is 0 Å². The van der Waals surface area contributed by atoms with Crippen LogP contribution in [0.3, 0.4) is 0 Å². The number of rotatable bonds is 5. The van der Waals surface area contributed by atoms with Gasteiger partial charge < -0.3 is 10.0 Å². The molecule has 0 aliphatic carbocycles. The summed E-state index contributed by atoms with van der Waals surface area (Å²) in [6, 6.07) is 10.5. The van der Waals surface area contributed by atoms with Crippen LogP contribution in [0.15, 0.2) is 30.3 Å². The molecule has 0 atom stereocenters. The van der Waals surface area contributed by atoms with E-state index in [0.29, 0.717) is 12.0 Å². The van der Waals surface area contributed by atoms with Gasteiger partial charge >= 0.3 is 0 Å². The highest BCUT2D eigenvalue weighted by Gasteiger charge is 2.17. The molecule has 2 rings (SSSR count). The molecule has 0 spiro atoms. The lowest BCUT2D eigenvalue weighted by Crippen LogP contribution is -2.35. The summed E-state index contributed by atoms with van der Waals surface area (Å²) >= 11 is 0. The van der Waals surface area contributed by atoms with E-state index in [-0.39, 0.29) is 6.61 Å². The molecule has 20 heavy (non-hydrogen) atoms. The smallest absolute Gasteiger partial charge is 0.135 e. The Morgan fingerprint density at radius 2 is 1.85 bits per heavy atom. The van der Waals surface area contributed by atoms with Crippen LogP contribution < -0.4 is 4.90 Å². The molecule has 0 saturated carbocycles. The average molecular weight is 272 g/mol. The molecule has 0 saturated heterocycles. The van der Waals surface area contributed by atoms with E-state index in [4.69, 9.17) is 4.98 Å². The van der Waals surface area contributed by atoms with E-state index in [9.17, 15) is 5.11 Å². The number of aromatic nitrogens is 1. The van der Waals surface area contributed by atoms with Gasteiger partial charge in [0.05, 0.1) is 12.1 Å². The van der Waals surface area contributed by atoms with E-state index >= 15 is 0 Å². The van der Waals surface area contributed by atoms with Crippen LogP contribution in [-0.4, -0.2) is 22.7 Å². The van der Waals surface area contributed by atoms with Crippen LogP contribution >= 0.6 is 0 Å². The number of anilines is 1. The number of aliphatic hydroxyl groups excluding tert-OH is 1. The highest BCUT2D eigenvalue weighted by Crippen LogP contribution is 2.26. The summed E-state index contributed by atoms with van der Waals surface area (Å²) in [5.74, 6) is 1.46. The first-order valence-electron chi connectivity index (χ1n) is 7.29. The quantitative estimate of drug-likeness (QED) is 0.903. The van der Waals surface area contributed by atoms with Crippen molar-refractivity contribution in [3.63, 3.8) is 0 Å². The monoisotopic (exact) mass is 272 g/mol. The van der Waals surface area contributed by atoms with E-state index in [2.05, 4.69) is 32.6 Å². The van der Waals surface area contributed by atoms with Gasteiger partial charge in [-0.2, -0.15) is 0 Å². The van der Waals surface area contributed by atoms with E-state index in [1.54, 1.807) is 0 Å². The van der Waals surface area contributed by atoms with Crippen molar-refractivity contribution in [1.29, 1.82) is 0 Å². The number of nitrogens with zero attached hydrogens (tertiary/aromatic N) is 2. The molecule has 0 aliphatic heterocycles. The molecule has 0 aliphatic rings. The van der Waals surface area contributed by atoms with E-state index in [1.165, 1.54) is 0 Å². The second kappa shape index (κ2) is 6.23. The molecule has 2 aromatic rings. The summed E-state index contributed by atoms with van der Waals surface area (Å²) in [6.45, 7) is 9.70. The molecular formula is C17H24N2O. The zero-order chi connectivity index (χ0) is 14.7. The summed E-state index contributed by atoms with van der Waals surface area (Å²) in [7, 11) is 0. The predicted octanol–water partition coefficient (Wildman–Crippen LogP) is 3.60. The molecule has 3 heteroatoms. The van der Waals surface area contributed by atoms with Crippen molar-refractivity contribution in [2.45, 2.75) is 40.3 Å². The molecule has 0 radical (unpaired) electrons. The van der Waals surface area contributed by atoms with Gasteiger partial charge in [-0.15, -0.1) is 0 Å². The zero-order valence-corrected chi connectivity index (χ0v) is 12.8. The zero-order valence-electron chi connectivity index (χ0n) is 12.8. The van der Waals surface area contributed by atoms with Crippen LogP contribution in [0.5, 0.6) is 0 Å². The molecule has 1 N–H and O–H groups in total. The van der Waals surface area contributed by atoms with Gasteiger partial charge in [-0.25, -0.2) is 4.98 Å². The topological polar surface area (TPSA) is 36.4 Å². The Morgan fingerprint density at radius 1 is 1.15 bits per heavy atom. The molecular weight excluding hydrogens is 248 g/mol. The second-order valence-electron chi connectivity index (χ2n) is 5.96. The number of hydrogen-bond donors (Lipinski definition) is 1. The lowest BCUT2D eigenvalue weighted by Gasteiger charge is -2.31. The molecule has 0 unspecified atom stereocenters. The number of pyridine rings is 1. The third-order valence-corrected chi connectivity index (χ3v) is 3.41. The van der Waals surface area contributed by atoms with Crippen molar-refractivity contribution in [3.05, 3.63) is 35.9 Å². The summed E-state index contributed by atoms with van der Waals surface area (Å²) in [5, 5.41) is 10.8. The number of benzene rings is 1. The number of hydrogen-bond acceptors (Lipinski definition) is 3. The Kier molecular flexibility index (Phi) is 4.61. The Morgan fingerprint density at radius 3 is 2.45 bits per heavy atom. The third-order valence-electron chi connectivity index (χ3n) is 3.41. The first-order chi connectivity index (χ1) is 9.52. The number of fused-ring (bicyclic) bond motifs is 1. The summed E-state index contributed by atoms with van der Waals surface area (Å²) < 4.78 is 0. The average Bonchev–Trinajstić information content (AvgIpc) is 2.42. The maximum Gasteiger partial charge on any atom is 0.135 e. The highest BCUT2D eigenvalue weighted by molar-refractivity contribution is 5.81. The van der Waals surface area contributed by atoms with Crippen molar-refractivity contribution >= 4 is 16.7 Å². The van der Waals surface area contributed by atoms with Crippen molar-refractivity contribution in [3.8, 4) is 0 Å².